The summed E-state index contributed by atoms with van der Waals surface area (Å²) < 4.78 is 24.7. The zero-order chi connectivity index (χ0) is 13.8. The molecule has 0 saturated carbocycles. The Morgan fingerprint density at radius 2 is 1.94 bits per heavy atom. The van der Waals surface area contributed by atoms with Crippen LogP contribution in [0.2, 0.25) is 0 Å². The van der Waals surface area contributed by atoms with Gasteiger partial charge >= 0.3 is 0 Å². The maximum atomic E-state index is 14.2. The zero-order valence-electron chi connectivity index (χ0n) is 11.3. The quantitative estimate of drug-likeness (QED) is 0.877. The summed E-state index contributed by atoms with van der Waals surface area (Å²) in [6.45, 7) is 3.41. The molecule has 0 aliphatic rings. The van der Waals surface area contributed by atoms with Gasteiger partial charge in [-0.25, -0.2) is 4.39 Å². The van der Waals surface area contributed by atoms with Crippen LogP contribution in [0.1, 0.15) is 25.0 Å². The molecule has 0 heterocycles. The third kappa shape index (κ3) is 3.23. The van der Waals surface area contributed by atoms with Crippen LogP contribution in [-0.2, 0) is 5.67 Å². The van der Waals surface area contributed by atoms with Gasteiger partial charge in [0.15, 0.2) is 11.5 Å². The fraction of sp³-hybridized carbons (Fsp3) is 0.429. The molecule has 1 aromatic rings. The monoisotopic (exact) mass is 253 g/mol. The van der Waals surface area contributed by atoms with Crippen molar-refractivity contribution in [2.24, 2.45) is 5.73 Å². The molecule has 0 aliphatic heterocycles. The van der Waals surface area contributed by atoms with Crippen molar-refractivity contribution >= 4 is 6.08 Å². The minimum Gasteiger partial charge on any atom is -0.493 e. The van der Waals surface area contributed by atoms with Crippen LogP contribution < -0.4 is 15.2 Å². The van der Waals surface area contributed by atoms with Crippen molar-refractivity contribution in [1.82, 2.24) is 0 Å². The first-order valence-corrected chi connectivity index (χ1v) is 5.76. The molecule has 0 amide bonds. The molecule has 0 bridgehead atoms. The number of alkyl halides is 1. The second kappa shape index (κ2) is 5.87. The first-order chi connectivity index (χ1) is 8.43. The third-order valence-corrected chi connectivity index (χ3v) is 2.59. The second-order valence-corrected chi connectivity index (χ2v) is 4.41. The molecule has 1 aromatic carbocycles. The zero-order valence-corrected chi connectivity index (χ0v) is 11.3. The second-order valence-electron chi connectivity index (χ2n) is 4.41. The van der Waals surface area contributed by atoms with Crippen molar-refractivity contribution in [3.63, 3.8) is 0 Å². The van der Waals surface area contributed by atoms with E-state index in [0.29, 0.717) is 23.6 Å². The smallest absolute Gasteiger partial charge is 0.167 e. The summed E-state index contributed by atoms with van der Waals surface area (Å²) in [4.78, 5) is 0. The molecule has 0 saturated heterocycles. The Hall–Kier alpha value is -1.55. The molecular formula is C14H20FNO2. The Balaban J connectivity index is 3.41. The maximum absolute atomic E-state index is 14.2. The number of halogens is 1. The van der Waals surface area contributed by atoms with Crippen molar-refractivity contribution in [2.75, 3.05) is 20.8 Å². The fourth-order valence-corrected chi connectivity index (χ4v) is 1.73. The summed E-state index contributed by atoms with van der Waals surface area (Å²) in [6.07, 6.45) is 3.63. The van der Waals surface area contributed by atoms with E-state index in [-0.39, 0.29) is 0 Å². The summed E-state index contributed by atoms with van der Waals surface area (Å²) >= 11 is 0. The molecule has 3 nitrogen and oxygen atoms in total. The lowest BCUT2D eigenvalue weighted by molar-refractivity contribution is 0.211. The van der Waals surface area contributed by atoms with Gasteiger partial charge in [0.05, 0.1) is 14.2 Å². The lowest BCUT2D eigenvalue weighted by Gasteiger charge is -2.21. The highest BCUT2D eigenvalue weighted by Crippen LogP contribution is 2.40. The molecule has 18 heavy (non-hydrogen) atoms. The van der Waals surface area contributed by atoms with Gasteiger partial charge in [0.1, 0.15) is 5.67 Å². The van der Waals surface area contributed by atoms with Crippen LogP contribution in [0.4, 0.5) is 4.39 Å². The molecule has 0 atom stereocenters. The van der Waals surface area contributed by atoms with Crippen LogP contribution in [0, 0.1) is 0 Å². The minimum absolute atomic E-state index is 0.426. The normalized spacial score (nSPS) is 11.9. The molecule has 1 rings (SSSR count). The van der Waals surface area contributed by atoms with Crippen LogP contribution >= 0.6 is 0 Å². The highest BCUT2D eigenvalue weighted by atomic mass is 19.1. The van der Waals surface area contributed by atoms with Crippen LogP contribution in [0.5, 0.6) is 11.5 Å². The average Bonchev–Trinajstić information content (AvgIpc) is 2.33. The Kier molecular flexibility index (Phi) is 4.73. The molecule has 0 fully saturated rings. The first-order valence-electron chi connectivity index (χ1n) is 5.76. The summed E-state index contributed by atoms with van der Waals surface area (Å²) in [6, 6.07) is 3.54. The van der Waals surface area contributed by atoms with Gasteiger partial charge in [-0.1, -0.05) is 12.2 Å². The standard InChI is InChI=1S/C14H20FNO2/c1-14(2,15)11-8-10(6-5-7-16)9-12(17-3)13(11)18-4/h5-6,8-9H,7,16H2,1-4H3/b6-5+. The Labute approximate surface area is 107 Å². The molecule has 0 spiro atoms. The number of benzene rings is 1. The van der Waals surface area contributed by atoms with E-state index in [1.807, 2.05) is 6.08 Å². The Bertz CT molecular complexity index is 436. The highest BCUT2D eigenvalue weighted by Gasteiger charge is 2.26. The maximum Gasteiger partial charge on any atom is 0.167 e. The van der Waals surface area contributed by atoms with Gasteiger partial charge in [-0.05, 0) is 31.5 Å². The summed E-state index contributed by atoms with van der Waals surface area (Å²) in [5.74, 6) is 0.937. The van der Waals surface area contributed by atoms with Gasteiger partial charge in [0, 0.05) is 12.1 Å². The van der Waals surface area contributed by atoms with E-state index in [9.17, 15) is 4.39 Å². The van der Waals surface area contributed by atoms with Crippen LogP contribution in [0.3, 0.4) is 0 Å². The lowest BCUT2D eigenvalue weighted by atomic mass is 9.96. The Morgan fingerprint density at radius 1 is 1.28 bits per heavy atom. The molecule has 0 aromatic heterocycles. The van der Waals surface area contributed by atoms with Crippen molar-refractivity contribution in [3.05, 3.63) is 29.3 Å². The molecule has 100 valence electrons. The molecular weight excluding hydrogens is 233 g/mol. The van der Waals surface area contributed by atoms with E-state index >= 15 is 0 Å². The summed E-state index contributed by atoms with van der Waals surface area (Å²) in [7, 11) is 3.03. The SMILES string of the molecule is COc1cc(/C=C/CN)cc(C(C)(C)F)c1OC. The fourth-order valence-electron chi connectivity index (χ4n) is 1.73. The molecule has 2 N–H and O–H groups in total. The average molecular weight is 253 g/mol. The van der Waals surface area contributed by atoms with E-state index in [2.05, 4.69) is 0 Å². The van der Waals surface area contributed by atoms with Crippen LogP contribution in [-0.4, -0.2) is 20.8 Å². The van der Waals surface area contributed by atoms with Crippen molar-refractivity contribution in [3.8, 4) is 11.5 Å². The predicted molar refractivity (Wildman–Crippen MR) is 71.8 cm³/mol. The van der Waals surface area contributed by atoms with E-state index in [0.717, 1.165) is 5.56 Å². The van der Waals surface area contributed by atoms with Gasteiger partial charge in [-0.2, -0.15) is 0 Å². The third-order valence-electron chi connectivity index (χ3n) is 2.59. The van der Waals surface area contributed by atoms with Gasteiger partial charge in [0.25, 0.3) is 0 Å². The van der Waals surface area contributed by atoms with Crippen molar-refractivity contribution < 1.29 is 13.9 Å². The van der Waals surface area contributed by atoms with E-state index in [1.165, 1.54) is 28.1 Å². The number of methoxy groups -OCH3 is 2. The number of hydrogen-bond acceptors (Lipinski definition) is 3. The predicted octanol–water partition coefficient (Wildman–Crippen LogP) is 2.88. The number of nitrogens with two attached hydrogens (primary N) is 1. The molecule has 0 unspecified atom stereocenters. The number of hydrogen-bond donors (Lipinski definition) is 1. The molecule has 0 aliphatic carbocycles. The van der Waals surface area contributed by atoms with Gasteiger partial charge < -0.3 is 15.2 Å². The molecule has 0 radical (unpaired) electrons. The summed E-state index contributed by atoms with van der Waals surface area (Å²) in [5.41, 5.74) is 5.19. The number of rotatable bonds is 5. The molecule has 4 heteroatoms. The highest BCUT2D eigenvalue weighted by molar-refractivity contribution is 5.60. The van der Waals surface area contributed by atoms with Gasteiger partial charge in [-0.15, -0.1) is 0 Å². The van der Waals surface area contributed by atoms with Gasteiger partial charge in [0.2, 0.25) is 0 Å². The van der Waals surface area contributed by atoms with Crippen LogP contribution in [0.15, 0.2) is 18.2 Å². The van der Waals surface area contributed by atoms with Crippen molar-refractivity contribution in [1.29, 1.82) is 0 Å². The van der Waals surface area contributed by atoms with E-state index < -0.39 is 5.67 Å². The first kappa shape index (κ1) is 14.5. The number of ether oxygens (including phenoxy) is 2. The topological polar surface area (TPSA) is 44.5 Å². The van der Waals surface area contributed by atoms with E-state index in [1.54, 1.807) is 18.2 Å². The summed E-state index contributed by atoms with van der Waals surface area (Å²) in [5, 5.41) is 0. The van der Waals surface area contributed by atoms with E-state index in [4.69, 9.17) is 15.2 Å². The largest absolute Gasteiger partial charge is 0.493 e. The van der Waals surface area contributed by atoms with Crippen molar-refractivity contribution in [2.45, 2.75) is 19.5 Å². The van der Waals surface area contributed by atoms with Crippen LogP contribution in [0.25, 0.3) is 6.08 Å². The Morgan fingerprint density at radius 3 is 2.39 bits per heavy atom. The lowest BCUT2D eigenvalue weighted by Crippen LogP contribution is -2.12. The minimum atomic E-state index is -1.51. The van der Waals surface area contributed by atoms with Gasteiger partial charge in [-0.3, -0.25) is 0 Å².